The average Bonchev–Trinajstić information content (AvgIpc) is 3.09. The molecule has 0 spiro atoms. The Bertz CT molecular complexity index is 272. The zero-order valence-electron chi connectivity index (χ0n) is 8.98. The molecule has 1 fully saturated rings. The molecule has 1 heterocycles. The maximum absolute atomic E-state index is 4.01. The molecule has 2 rings (SSSR count). The molecule has 0 amide bonds. The number of hydrogen-bond donors (Lipinski definition) is 1. The molecule has 0 saturated heterocycles. The van der Waals surface area contributed by atoms with Gasteiger partial charge in [-0.15, -0.1) is 11.8 Å². The highest BCUT2D eigenvalue weighted by atomic mass is 32.2. The molecule has 1 aromatic heterocycles. The lowest BCUT2D eigenvalue weighted by Gasteiger charge is -2.02. The van der Waals surface area contributed by atoms with Crippen LogP contribution in [0.2, 0.25) is 0 Å². The Labute approximate surface area is 95.9 Å². The van der Waals surface area contributed by atoms with E-state index in [1.54, 1.807) is 0 Å². The SMILES string of the molecule is c1cc(SCCCCNC2CC2)ccn1. The first kappa shape index (κ1) is 11.0. The quantitative estimate of drug-likeness (QED) is 0.567. The molecule has 1 N–H and O–H groups in total. The van der Waals surface area contributed by atoms with Gasteiger partial charge in [0.2, 0.25) is 0 Å². The maximum atomic E-state index is 4.01. The van der Waals surface area contributed by atoms with E-state index in [1.165, 1.54) is 42.9 Å². The Balaban J connectivity index is 1.47. The molecule has 1 aromatic rings. The minimum atomic E-state index is 0.859. The van der Waals surface area contributed by atoms with Crippen LogP contribution < -0.4 is 5.32 Å². The molecule has 0 aromatic carbocycles. The van der Waals surface area contributed by atoms with Gasteiger partial charge in [0.15, 0.2) is 0 Å². The van der Waals surface area contributed by atoms with Crippen molar-refractivity contribution in [3.05, 3.63) is 24.5 Å². The van der Waals surface area contributed by atoms with Crippen molar-refractivity contribution >= 4 is 11.8 Å². The van der Waals surface area contributed by atoms with Crippen LogP contribution in [0.25, 0.3) is 0 Å². The van der Waals surface area contributed by atoms with E-state index in [9.17, 15) is 0 Å². The third kappa shape index (κ3) is 4.67. The molecule has 0 radical (unpaired) electrons. The first-order chi connectivity index (χ1) is 7.45. The summed E-state index contributed by atoms with van der Waals surface area (Å²) >= 11 is 1.93. The summed E-state index contributed by atoms with van der Waals surface area (Å²) in [6, 6.07) is 5.01. The van der Waals surface area contributed by atoms with Gasteiger partial charge in [-0.1, -0.05) is 0 Å². The van der Waals surface area contributed by atoms with E-state index in [2.05, 4.69) is 22.4 Å². The van der Waals surface area contributed by atoms with Gasteiger partial charge < -0.3 is 5.32 Å². The van der Waals surface area contributed by atoms with Crippen LogP contribution in [0.15, 0.2) is 29.4 Å². The Morgan fingerprint density at radius 2 is 2.07 bits per heavy atom. The number of nitrogens with zero attached hydrogens (tertiary/aromatic N) is 1. The third-order valence-corrected chi connectivity index (χ3v) is 3.60. The maximum Gasteiger partial charge on any atom is 0.0278 e. The van der Waals surface area contributed by atoms with Crippen LogP contribution in [0.3, 0.4) is 0 Å². The predicted octanol–water partition coefficient (Wildman–Crippen LogP) is 2.71. The average molecular weight is 222 g/mol. The Morgan fingerprint density at radius 3 is 2.80 bits per heavy atom. The number of rotatable bonds is 7. The largest absolute Gasteiger partial charge is 0.314 e. The second-order valence-electron chi connectivity index (χ2n) is 3.97. The van der Waals surface area contributed by atoms with Crippen molar-refractivity contribution in [2.24, 2.45) is 0 Å². The van der Waals surface area contributed by atoms with E-state index in [1.807, 2.05) is 24.2 Å². The van der Waals surface area contributed by atoms with Gasteiger partial charge in [-0.25, -0.2) is 0 Å². The summed E-state index contributed by atoms with van der Waals surface area (Å²) in [5.74, 6) is 1.22. The number of pyridine rings is 1. The van der Waals surface area contributed by atoms with Gasteiger partial charge in [-0.05, 0) is 50.1 Å². The highest BCUT2D eigenvalue weighted by molar-refractivity contribution is 7.99. The number of nitrogens with one attached hydrogen (secondary N) is 1. The van der Waals surface area contributed by atoms with E-state index in [4.69, 9.17) is 0 Å². The summed E-state index contributed by atoms with van der Waals surface area (Å²) in [5, 5.41) is 3.54. The summed E-state index contributed by atoms with van der Waals surface area (Å²) in [7, 11) is 0. The van der Waals surface area contributed by atoms with Crippen LogP contribution in [-0.2, 0) is 0 Å². The van der Waals surface area contributed by atoms with Gasteiger partial charge >= 0.3 is 0 Å². The predicted molar refractivity (Wildman–Crippen MR) is 65.2 cm³/mol. The van der Waals surface area contributed by atoms with Crippen LogP contribution in [-0.4, -0.2) is 23.3 Å². The molecule has 1 aliphatic rings. The fraction of sp³-hybridized carbons (Fsp3) is 0.583. The first-order valence-electron chi connectivity index (χ1n) is 5.71. The highest BCUT2D eigenvalue weighted by Crippen LogP contribution is 2.19. The van der Waals surface area contributed by atoms with Crippen LogP contribution in [0.4, 0.5) is 0 Å². The lowest BCUT2D eigenvalue weighted by atomic mass is 10.3. The van der Waals surface area contributed by atoms with Crippen molar-refractivity contribution in [1.82, 2.24) is 10.3 Å². The molecule has 0 bridgehead atoms. The van der Waals surface area contributed by atoms with Gasteiger partial charge in [0.1, 0.15) is 0 Å². The van der Waals surface area contributed by atoms with Crippen molar-refractivity contribution in [2.75, 3.05) is 12.3 Å². The highest BCUT2D eigenvalue weighted by Gasteiger charge is 2.19. The summed E-state index contributed by atoms with van der Waals surface area (Å²) in [5.41, 5.74) is 0. The number of aromatic nitrogens is 1. The van der Waals surface area contributed by atoms with E-state index in [-0.39, 0.29) is 0 Å². The molecular formula is C12H18N2S. The van der Waals surface area contributed by atoms with Crippen molar-refractivity contribution in [3.8, 4) is 0 Å². The molecule has 0 aliphatic heterocycles. The van der Waals surface area contributed by atoms with Gasteiger partial charge in [0, 0.05) is 23.3 Å². The molecule has 3 heteroatoms. The van der Waals surface area contributed by atoms with Crippen molar-refractivity contribution in [2.45, 2.75) is 36.6 Å². The van der Waals surface area contributed by atoms with E-state index < -0.39 is 0 Å². The van der Waals surface area contributed by atoms with Crippen LogP contribution in [0.1, 0.15) is 25.7 Å². The third-order valence-electron chi connectivity index (χ3n) is 2.50. The van der Waals surface area contributed by atoms with Gasteiger partial charge in [0.05, 0.1) is 0 Å². The number of unbranched alkanes of at least 4 members (excludes halogenated alkanes) is 1. The van der Waals surface area contributed by atoms with E-state index in [0.29, 0.717) is 0 Å². The second kappa shape index (κ2) is 6.13. The summed E-state index contributed by atoms with van der Waals surface area (Å²) < 4.78 is 0. The Morgan fingerprint density at radius 1 is 1.27 bits per heavy atom. The fourth-order valence-electron chi connectivity index (χ4n) is 1.45. The lowest BCUT2D eigenvalue weighted by molar-refractivity contribution is 0.640. The first-order valence-corrected chi connectivity index (χ1v) is 6.70. The lowest BCUT2D eigenvalue weighted by Crippen LogP contribution is -2.17. The zero-order valence-corrected chi connectivity index (χ0v) is 9.80. The van der Waals surface area contributed by atoms with Gasteiger partial charge in [0.25, 0.3) is 0 Å². The summed E-state index contributed by atoms with van der Waals surface area (Å²) in [6.45, 7) is 1.20. The van der Waals surface area contributed by atoms with Crippen LogP contribution in [0, 0.1) is 0 Å². The second-order valence-corrected chi connectivity index (χ2v) is 5.14. The van der Waals surface area contributed by atoms with Gasteiger partial charge in [-0.3, -0.25) is 4.98 Å². The topological polar surface area (TPSA) is 24.9 Å². The summed E-state index contributed by atoms with van der Waals surface area (Å²) in [6.07, 6.45) is 9.10. The molecular weight excluding hydrogens is 204 g/mol. The molecule has 0 atom stereocenters. The number of hydrogen-bond acceptors (Lipinski definition) is 3. The minimum Gasteiger partial charge on any atom is -0.314 e. The number of thioether (sulfide) groups is 1. The normalized spacial score (nSPS) is 15.5. The van der Waals surface area contributed by atoms with E-state index >= 15 is 0 Å². The molecule has 15 heavy (non-hydrogen) atoms. The molecule has 1 aliphatic carbocycles. The van der Waals surface area contributed by atoms with Crippen molar-refractivity contribution in [1.29, 1.82) is 0 Å². The monoisotopic (exact) mass is 222 g/mol. The zero-order chi connectivity index (χ0) is 10.3. The van der Waals surface area contributed by atoms with Crippen molar-refractivity contribution < 1.29 is 0 Å². The summed E-state index contributed by atoms with van der Waals surface area (Å²) in [4.78, 5) is 5.34. The smallest absolute Gasteiger partial charge is 0.0278 e. The van der Waals surface area contributed by atoms with E-state index in [0.717, 1.165) is 6.04 Å². The minimum absolute atomic E-state index is 0.859. The standard InChI is InChI=1S/C12H18N2S/c1(7-14-11-3-4-11)2-10-15-12-5-8-13-9-6-12/h5-6,8-9,11,14H,1-4,7,10H2. The Hall–Kier alpha value is -0.540. The molecule has 0 unspecified atom stereocenters. The van der Waals surface area contributed by atoms with Crippen molar-refractivity contribution in [3.63, 3.8) is 0 Å². The van der Waals surface area contributed by atoms with Crippen LogP contribution >= 0.6 is 11.8 Å². The van der Waals surface area contributed by atoms with Gasteiger partial charge in [-0.2, -0.15) is 0 Å². The fourth-order valence-corrected chi connectivity index (χ4v) is 2.34. The molecule has 2 nitrogen and oxygen atoms in total. The molecule has 82 valence electrons. The van der Waals surface area contributed by atoms with Crippen LogP contribution in [0.5, 0.6) is 0 Å². The molecule has 1 saturated carbocycles. The Kier molecular flexibility index (Phi) is 4.48.